The van der Waals surface area contributed by atoms with Crippen molar-refractivity contribution in [1.29, 1.82) is 5.26 Å². The second-order valence-corrected chi connectivity index (χ2v) is 5.86. The number of methoxy groups -OCH3 is 1. The third-order valence-electron chi connectivity index (χ3n) is 3.75. The predicted octanol–water partition coefficient (Wildman–Crippen LogP) is 2.32. The van der Waals surface area contributed by atoms with Crippen LogP contribution in [0.3, 0.4) is 0 Å². The van der Waals surface area contributed by atoms with Crippen LogP contribution in [0.15, 0.2) is 48.5 Å². The Morgan fingerprint density at radius 2 is 1.77 bits per heavy atom. The molecule has 0 spiro atoms. The minimum atomic E-state index is -0.623. The van der Waals surface area contributed by atoms with Crippen molar-refractivity contribution in [1.82, 2.24) is 4.90 Å². The molecular weight excluding hydrogens is 332 g/mol. The largest absolute Gasteiger partial charge is 0.493 e. The van der Waals surface area contributed by atoms with Gasteiger partial charge in [0, 0.05) is 13.1 Å². The van der Waals surface area contributed by atoms with Gasteiger partial charge in [-0.2, -0.15) is 5.26 Å². The molecule has 0 bridgehead atoms. The molecule has 1 atom stereocenters. The molecule has 2 aromatic carbocycles. The average Bonchev–Trinajstić information content (AvgIpc) is 2.67. The fraction of sp³-hybridized carbons (Fsp3) is 0.350. The van der Waals surface area contributed by atoms with Gasteiger partial charge in [-0.15, -0.1) is 0 Å². The Hall–Kier alpha value is -2.75. The lowest BCUT2D eigenvalue weighted by molar-refractivity contribution is 0.0721. The van der Waals surface area contributed by atoms with Crippen LogP contribution < -0.4 is 14.2 Å². The van der Waals surface area contributed by atoms with Crippen molar-refractivity contribution in [2.75, 3.05) is 40.5 Å². The maximum absolute atomic E-state index is 10.1. The summed E-state index contributed by atoms with van der Waals surface area (Å²) in [6, 6.07) is 16.4. The maximum Gasteiger partial charge on any atom is 0.161 e. The lowest BCUT2D eigenvalue weighted by Gasteiger charge is -2.21. The lowest BCUT2D eigenvalue weighted by Crippen LogP contribution is -2.35. The standard InChI is InChI=1S/C20H24N2O4/c1-22(11-12-25-20-6-4-3-5-19(20)24-2)14-17(23)15-26-18-9-7-16(13-21)8-10-18/h3-10,17,23H,11-12,14-15H2,1-2H3. The zero-order chi connectivity index (χ0) is 18.8. The van der Waals surface area contributed by atoms with Crippen LogP contribution in [0, 0.1) is 11.3 Å². The molecule has 0 amide bonds. The van der Waals surface area contributed by atoms with Crippen molar-refractivity contribution >= 4 is 0 Å². The molecule has 0 aliphatic heterocycles. The molecule has 0 saturated heterocycles. The quantitative estimate of drug-likeness (QED) is 0.704. The molecule has 0 aliphatic carbocycles. The third-order valence-corrected chi connectivity index (χ3v) is 3.75. The SMILES string of the molecule is COc1ccccc1OCCN(C)CC(O)COc1ccc(C#N)cc1. The van der Waals surface area contributed by atoms with E-state index in [1.54, 1.807) is 31.4 Å². The highest BCUT2D eigenvalue weighted by molar-refractivity contribution is 5.39. The monoisotopic (exact) mass is 356 g/mol. The van der Waals surface area contributed by atoms with Gasteiger partial charge < -0.3 is 24.2 Å². The molecule has 0 aromatic heterocycles. The smallest absolute Gasteiger partial charge is 0.161 e. The summed E-state index contributed by atoms with van der Waals surface area (Å²) in [5.41, 5.74) is 0.577. The number of rotatable bonds is 10. The van der Waals surface area contributed by atoms with Crippen molar-refractivity contribution in [3.05, 3.63) is 54.1 Å². The number of nitriles is 1. The zero-order valence-electron chi connectivity index (χ0n) is 15.1. The van der Waals surface area contributed by atoms with Crippen LogP contribution in [0.25, 0.3) is 0 Å². The van der Waals surface area contributed by atoms with E-state index in [0.717, 1.165) is 0 Å². The Bertz CT molecular complexity index is 712. The second kappa shape index (κ2) is 10.3. The van der Waals surface area contributed by atoms with Crippen LogP contribution in [0.2, 0.25) is 0 Å². The summed E-state index contributed by atoms with van der Waals surface area (Å²) in [5, 5.41) is 18.9. The van der Waals surface area contributed by atoms with Gasteiger partial charge in [-0.25, -0.2) is 0 Å². The first-order chi connectivity index (χ1) is 12.6. The van der Waals surface area contributed by atoms with Crippen LogP contribution in [-0.4, -0.2) is 56.6 Å². The Morgan fingerprint density at radius 1 is 1.08 bits per heavy atom. The van der Waals surface area contributed by atoms with Gasteiger partial charge in [0.25, 0.3) is 0 Å². The van der Waals surface area contributed by atoms with E-state index in [-0.39, 0.29) is 6.61 Å². The second-order valence-electron chi connectivity index (χ2n) is 5.86. The van der Waals surface area contributed by atoms with Gasteiger partial charge in [-0.1, -0.05) is 12.1 Å². The Labute approximate surface area is 154 Å². The zero-order valence-corrected chi connectivity index (χ0v) is 15.1. The van der Waals surface area contributed by atoms with Gasteiger partial charge in [-0.3, -0.25) is 0 Å². The normalized spacial score (nSPS) is 11.7. The number of hydrogen-bond donors (Lipinski definition) is 1. The average molecular weight is 356 g/mol. The molecule has 26 heavy (non-hydrogen) atoms. The van der Waals surface area contributed by atoms with Crippen LogP contribution in [-0.2, 0) is 0 Å². The van der Waals surface area contributed by atoms with Gasteiger partial charge >= 0.3 is 0 Å². The molecule has 0 saturated carbocycles. The molecule has 0 fully saturated rings. The van der Waals surface area contributed by atoms with Crippen LogP contribution >= 0.6 is 0 Å². The van der Waals surface area contributed by atoms with E-state index >= 15 is 0 Å². The number of likely N-dealkylation sites (N-methyl/N-ethyl adjacent to an activating group) is 1. The van der Waals surface area contributed by atoms with E-state index < -0.39 is 6.10 Å². The van der Waals surface area contributed by atoms with Gasteiger partial charge in [-0.05, 0) is 43.4 Å². The van der Waals surface area contributed by atoms with Crippen molar-refractivity contribution in [3.63, 3.8) is 0 Å². The number of aliphatic hydroxyl groups excluding tert-OH is 1. The summed E-state index contributed by atoms with van der Waals surface area (Å²) < 4.78 is 16.5. The van der Waals surface area contributed by atoms with E-state index in [1.807, 2.05) is 36.2 Å². The third kappa shape index (κ3) is 6.28. The van der Waals surface area contributed by atoms with Crippen LogP contribution in [0.5, 0.6) is 17.2 Å². The highest BCUT2D eigenvalue weighted by atomic mass is 16.5. The topological polar surface area (TPSA) is 75.0 Å². The van der Waals surface area contributed by atoms with Gasteiger partial charge in [0.05, 0.1) is 18.7 Å². The van der Waals surface area contributed by atoms with Crippen molar-refractivity contribution < 1.29 is 19.3 Å². The molecule has 0 radical (unpaired) electrons. The summed E-state index contributed by atoms with van der Waals surface area (Å²) in [6.45, 7) is 1.79. The van der Waals surface area contributed by atoms with E-state index in [1.165, 1.54) is 0 Å². The number of ether oxygens (including phenoxy) is 3. The number of aliphatic hydroxyl groups is 1. The first-order valence-electron chi connectivity index (χ1n) is 8.37. The molecule has 0 aliphatic rings. The molecule has 0 heterocycles. The summed E-state index contributed by atoms with van der Waals surface area (Å²) in [6.07, 6.45) is -0.623. The molecule has 1 N–H and O–H groups in total. The fourth-order valence-electron chi connectivity index (χ4n) is 2.37. The molecule has 2 aromatic rings. The van der Waals surface area contributed by atoms with Crippen LogP contribution in [0.1, 0.15) is 5.56 Å². The molecular formula is C20H24N2O4. The summed E-state index contributed by atoms with van der Waals surface area (Å²) in [7, 11) is 3.52. The van der Waals surface area contributed by atoms with Gasteiger partial charge in [0.15, 0.2) is 11.5 Å². The van der Waals surface area contributed by atoms with Crippen molar-refractivity contribution in [3.8, 4) is 23.3 Å². The van der Waals surface area contributed by atoms with Crippen molar-refractivity contribution in [2.45, 2.75) is 6.10 Å². The lowest BCUT2D eigenvalue weighted by atomic mass is 10.2. The summed E-state index contributed by atoms with van der Waals surface area (Å²) >= 11 is 0. The van der Waals surface area contributed by atoms with E-state index in [9.17, 15) is 5.11 Å². The maximum atomic E-state index is 10.1. The molecule has 6 nitrogen and oxygen atoms in total. The number of hydrogen-bond acceptors (Lipinski definition) is 6. The van der Waals surface area contributed by atoms with Gasteiger partial charge in [0.1, 0.15) is 25.1 Å². The highest BCUT2D eigenvalue weighted by Crippen LogP contribution is 2.25. The van der Waals surface area contributed by atoms with E-state index in [4.69, 9.17) is 19.5 Å². The highest BCUT2D eigenvalue weighted by Gasteiger charge is 2.10. The number of para-hydroxylation sites is 2. The van der Waals surface area contributed by atoms with E-state index in [0.29, 0.717) is 42.5 Å². The first-order valence-corrected chi connectivity index (χ1v) is 8.37. The Kier molecular flexibility index (Phi) is 7.75. The fourth-order valence-corrected chi connectivity index (χ4v) is 2.37. The first kappa shape index (κ1) is 19.6. The summed E-state index contributed by atoms with van der Waals surface area (Å²) in [5.74, 6) is 2.03. The summed E-state index contributed by atoms with van der Waals surface area (Å²) in [4.78, 5) is 1.97. The molecule has 6 heteroatoms. The van der Waals surface area contributed by atoms with Crippen molar-refractivity contribution in [2.24, 2.45) is 0 Å². The molecule has 1 unspecified atom stereocenters. The number of nitrogens with zero attached hydrogens (tertiary/aromatic N) is 2. The van der Waals surface area contributed by atoms with Gasteiger partial charge in [0.2, 0.25) is 0 Å². The minimum absolute atomic E-state index is 0.184. The van der Waals surface area contributed by atoms with E-state index in [2.05, 4.69) is 6.07 Å². The minimum Gasteiger partial charge on any atom is -0.493 e. The Balaban J connectivity index is 1.68. The Morgan fingerprint density at radius 3 is 2.42 bits per heavy atom. The molecule has 2 rings (SSSR count). The number of benzene rings is 2. The predicted molar refractivity (Wildman–Crippen MR) is 98.6 cm³/mol. The molecule has 138 valence electrons. The van der Waals surface area contributed by atoms with Crippen LogP contribution in [0.4, 0.5) is 0 Å².